The van der Waals surface area contributed by atoms with Crippen molar-refractivity contribution in [1.82, 2.24) is 41.0 Å². The summed E-state index contributed by atoms with van der Waals surface area (Å²) in [6.45, 7) is 13.7. The molecule has 98 heavy (non-hydrogen) atoms. The molecule has 30 nitrogen and oxygen atoms in total. The number of amides is 8. The van der Waals surface area contributed by atoms with Crippen molar-refractivity contribution < 1.29 is 100 Å². The maximum Gasteiger partial charge on any atom is 0.409 e. The zero-order valence-corrected chi connectivity index (χ0v) is 56.0. The zero-order chi connectivity index (χ0) is 70.7. The number of ether oxygens (including phenoxy) is 10. The number of pyridine rings is 2. The number of anilines is 1. The molecular weight excluding hydrogens is 1290 g/mol. The minimum atomic E-state index is -2.11. The Morgan fingerprint density at radius 1 is 0.755 bits per heavy atom. The molecule has 7 N–H and O–H groups in total. The van der Waals surface area contributed by atoms with E-state index in [2.05, 4.69) is 31.9 Å². The lowest BCUT2D eigenvalue weighted by Gasteiger charge is -2.33. The highest BCUT2D eigenvalue weighted by molar-refractivity contribution is 6.13. The van der Waals surface area contributed by atoms with Crippen molar-refractivity contribution in [2.24, 2.45) is 0 Å². The molecule has 2 aromatic heterocycles. The van der Waals surface area contributed by atoms with Crippen LogP contribution in [0.5, 0.6) is 0 Å². The normalized spacial score (nSPS) is 16.9. The van der Waals surface area contributed by atoms with E-state index in [1.54, 1.807) is 27.0 Å². The third-order valence-corrected chi connectivity index (χ3v) is 16.8. The standard InChI is InChI=1S/C67H86FN9O21/c1-8-67(88)47-35-51-57-45(37-77(51)62(84)46(47)38-97-64(67)86)56-49(14-13-44-39(2)48(68)36-50(73-57)55(44)56)74-63(85)66(5,6)75-65(87)98-58(61(83)69-18-20-90-23-24-92-27-28-94-31-32-96-34-33-95-30-29-93-26-25-91-22-21-89-7)42-9-11-43(12-10-42)72-60(82)41(4)71-59(81)40(3)70-52(78)17-19-76-53(79)15-16-54(76)80/h9-12,15-16,35-36,40-41,49,58,88H,8,13-14,17-34,37-38H2,1-7H3,(H,69,83)(H,70,78)(H,71,81)(H,72,82)(H,74,85)(H,75,87)/t40-,41-,49-,58?,67-/m0/s1. The number of aryl methyl sites for hydroxylation is 1. The minimum absolute atomic E-state index is 0.0184. The Kier molecular flexibility index (Phi) is 27.0. The van der Waals surface area contributed by atoms with Gasteiger partial charge in [0.1, 0.15) is 30.0 Å². The van der Waals surface area contributed by atoms with E-state index in [9.17, 15) is 53.1 Å². The lowest BCUT2D eigenvalue weighted by Crippen LogP contribution is -2.56. The van der Waals surface area contributed by atoms with Crippen molar-refractivity contribution >= 4 is 70.0 Å². The van der Waals surface area contributed by atoms with Gasteiger partial charge in [-0.05, 0) is 88.8 Å². The summed E-state index contributed by atoms with van der Waals surface area (Å²) in [7, 11) is 1.61. The van der Waals surface area contributed by atoms with Crippen LogP contribution in [0.4, 0.5) is 14.9 Å². The first kappa shape index (κ1) is 75.1. The van der Waals surface area contributed by atoms with Gasteiger partial charge in [0, 0.05) is 72.6 Å². The van der Waals surface area contributed by atoms with Gasteiger partial charge in [0.2, 0.25) is 29.7 Å². The number of alkyl carbamates (subject to hydrolysis) is 1. The number of aromatic nitrogens is 2. The molecule has 3 aliphatic heterocycles. The molecule has 8 amide bonds. The molecule has 8 rings (SSSR count). The third-order valence-electron chi connectivity index (χ3n) is 16.8. The molecule has 4 aromatic rings. The number of carbonyl (C=O) groups is 9. The van der Waals surface area contributed by atoms with Crippen molar-refractivity contribution in [1.29, 1.82) is 0 Å². The fourth-order valence-corrected chi connectivity index (χ4v) is 11.3. The Morgan fingerprint density at radius 2 is 1.33 bits per heavy atom. The number of cyclic esters (lactones) is 1. The predicted octanol–water partition coefficient (Wildman–Crippen LogP) is 2.02. The number of fused-ring (bicyclic) bond motifs is 5. The summed E-state index contributed by atoms with van der Waals surface area (Å²) < 4.78 is 71.7. The fraction of sp³-hybridized carbons (Fsp3) is 0.537. The number of aliphatic hydroxyl groups is 1. The summed E-state index contributed by atoms with van der Waals surface area (Å²) in [5, 5.41) is 28.1. The van der Waals surface area contributed by atoms with Gasteiger partial charge in [-0.15, -0.1) is 0 Å². The molecule has 1 aliphatic carbocycles. The molecule has 0 spiro atoms. The number of methoxy groups -OCH3 is 1. The van der Waals surface area contributed by atoms with E-state index >= 15 is 4.39 Å². The highest BCUT2D eigenvalue weighted by Crippen LogP contribution is 2.46. The molecule has 5 atom stereocenters. The second-order valence-corrected chi connectivity index (χ2v) is 24.0. The van der Waals surface area contributed by atoms with E-state index in [4.69, 9.17) is 52.4 Å². The van der Waals surface area contributed by atoms with Crippen LogP contribution >= 0.6 is 0 Å². The molecule has 2 aromatic carbocycles. The summed E-state index contributed by atoms with van der Waals surface area (Å²) in [6.07, 6.45) is -0.423. The Morgan fingerprint density at radius 3 is 1.91 bits per heavy atom. The maximum absolute atomic E-state index is 15.7. The topological polar surface area (TPSA) is 376 Å². The molecule has 0 radical (unpaired) electrons. The Bertz CT molecular complexity index is 3660. The van der Waals surface area contributed by atoms with Gasteiger partial charge in [0.25, 0.3) is 23.3 Å². The van der Waals surface area contributed by atoms with Gasteiger partial charge in [0.15, 0.2) is 5.60 Å². The van der Waals surface area contributed by atoms with E-state index in [1.807, 2.05) is 0 Å². The monoisotopic (exact) mass is 1370 g/mol. The summed E-state index contributed by atoms with van der Waals surface area (Å²) in [6, 6.07) is 5.49. The second kappa shape index (κ2) is 35.2. The van der Waals surface area contributed by atoms with Crippen molar-refractivity contribution in [2.45, 2.75) is 116 Å². The lowest BCUT2D eigenvalue weighted by atomic mass is 9.81. The first-order valence-electron chi connectivity index (χ1n) is 32.4. The van der Waals surface area contributed by atoms with Crippen LogP contribution in [0.3, 0.4) is 0 Å². The van der Waals surface area contributed by atoms with Crippen LogP contribution in [-0.4, -0.2) is 210 Å². The van der Waals surface area contributed by atoms with Gasteiger partial charge < -0.3 is 88.9 Å². The number of rotatable bonds is 39. The number of hydrogen-bond donors (Lipinski definition) is 7. The van der Waals surface area contributed by atoms with Crippen LogP contribution in [0.2, 0.25) is 0 Å². The SMILES string of the molecule is CC[C@@]1(O)C(=O)OCc2c1cc1n(c2=O)Cc2c-1nc1cc(F)c(C)c3c1c2[C@@H](NC(=O)C(C)(C)NC(=O)OC(C(=O)NCCOCCOCCOCCOCCOCCOCCOCCOC)c1ccc(NC(=O)[C@H](C)NC(=O)[C@H](C)NC(=O)CCN2C(=O)C=CC2=O)cc1)CC3. The fourth-order valence-electron chi connectivity index (χ4n) is 11.3. The first-order chi connectivity index (χ1) is 47.0. The summed E-state index contributed by atoms with van der Waals surface area (Å²) in [4.78, 5) is 138. The highest BCUT2D eigenvalue weighted by Gasteiger charge is 2.46. The van der Waals surface area contributed by atoms with Crippen LogP contribution < -0.4 is 37.5 Å². The number of carbonyl (C=O) groups excluding carboxylic acids is 9. The van der Waals surface area contributed by atoms with Crippen LogP contribution in [-0.2, 0) is 111 Å². The Balaban J connectivity index is 0.860. The minimum Gasteiger partial charge on any atom is -0.458 e. The van der Waals surface area contributed by atoms with Crippen molar-refractivity contribution in [2.75, 3.05) is 125 Å². The van der Waals surface area contributed by atoms with Crippen molar-refractivity contribution in [3.05, 3.63) is 104 Å². The van der Waals surface area contributed by atoms with Crippen LogP contribution in [0, 0.1) is 12.7 Å². The summed E-state index contributed by atoms with van der Waals surface area (Å²) >= 11 is 0. The molecule has 31 heteroatoms. The quantitative estimate of drug-likeness (QED) is 0.0168. The average Bonchev–Trinajstić information content (AvgIpc) is 1.50. The zero-order valence-electron chi connectivity index (χ0n) is 56.0. The Labute approximate surface area is 564 Å². The first-order valence-corrected chi connectivity index (χ1v) is 32.4. The molecule has 0 fully saturated rings. The number of nitrogens with one attached hydrogen (secondary N) is 6. The molecule has 5 heterocycles. The average molecular weight is 1370 g/mol. The number of hydrogen-bond acceptors (Lipinski definition) is 22. The smallest absolute Gasteiger partial charge is 0.409 e. The maximum atomic E-state index is 15.7. The number of nitrogens with zero attached hydrogens (tertiary/aromatic N) is 3. The van der Waals surface area contributed by atoms with Crippen LogP contribution in [0.25, 0.3) is 22.3 Å². The van der Waals surface area contributed by atoms with E-state index in [0.29, 0.717) is 112 Å². The van der Waals surface area contributed by atoms with Gasteiger partial charge in [0.05, 0.1) is 134 Å². The van der Waals surface area contributed by atoms with Gasteiger partial charge in [-0.2, -0.15) is 0 Å². The molecule has 0 saturated heterocycles. The number of esters is 1. The van der Waals surface area contributed by atoms with Gasteiger partial charge in [-0.25, -0.2) is 19.0 Å². The van der Waals surface area contributed by atoms with Crippen molar-refractivity contribution in [3.8, 4) is 11.4 Å². The lowest BCUT2D eigenvalue weighted by molar-refractivity contribution is -0.172. The number of benzene rings is 2. The van der Waals surface area contributed by atoms with Crippen molar-refractivity contribution in [3.63, 3.8) is 0 Å². The van der Waals surface area contributed by atoms with Crippen LogP contribution in [0.15, 0.2) is 53.3 Å². The summed E-state index contributed by atoms with van der Waals surface area (Å²) in [5.74, 6) is -5.98. The predicted molar refractivity (Wildman–Crippen MR) is 346 cm³/mol. The number of halogens is 1. The summed E-state index contributed by atoms with van der Waals surface area (Å²) in [5.41, 5.74) is -0.819. The van der Waals surface area contributed by atoms with Gasteiger partial charge in [-0.3, -0.25) is 43.3 Å². The Hall–Kier alpha value is -8.66. The molecule has 0 bridgehead atoms. The van der Waals surface area contributed by atoms with E-state index < -0.39 is 100 Å². The van der Waals surface area contributed by atoms with E-state index in [1.165, 1.54) is 62.6 Å². The van der Waals surface area contributed by atoms with E-state index in [-0.39, 0.29) is 106 Å². The second-order valence-electron chi connectivity index (χ2n) is 24.0. The van der Waals surface area contributed by atoms with Gasteiger partial charge >= 0.3 is 12.1 Å². The largest absolute Gasteiger partial charge is 0.458 e. The van der Waals surface area contributed by atoms with E-state index in [0.717, 1.165) is 17.1 Å². The molecule has 1 unspecified atom stereocenters. The van der Waals surface area contributed by atoms with Crippen LogP contribution in [0.1, 0.15) is 105 Å². The number of imide groups is 1. The highest BCUT2D eigenvalue weighted by atomic mass is 19.1. The third kappa shape index (κ3) is 19.0. The molecule has 4 aliphatic rings. The molecule has 0 saturated carbocycles. The molecule has 532 valence electrons. The van der Waals surface area contributed by atoms with Gasteiger partial charge in [-0.1, -0.05) is 19.1 Å². The molecular formula is C67H86FN9O21.